The van der Waals surface area contributed by atoms with Gasteiger partial charge >= 0.3 is 5.97 Å². The van der Waals surface area contributed by atoms with Gasteiger partial charge in [-0.05, 0) is 44.9 Å². The van der Waals surface area contributed by atoms with Crippen LogP contribution in [0, 0.1) is 0 Å². The van der Waals surface area contributed by atoms with Crippen molar-refractivity contribution in [3.8, 4) is 0 Å². The molecule has 0 aliphatic heterocycles. The molecule has 0 aliphatic carbocycles. The summed E-state index contributed by atoms with van der Waals surface area (Å²) in [4.78, 5) is 22.3. The third kappa shape index (κ3) is 19.4. The average Bonchev–Trinajstić information content (AvgIpc) is 2.67. The van der Waals surface area contributed by atoms with Crippen molar-refractivity contribution in [2.24, 2.45) is 5.73 Å². The highest BCUT2D eigenvalue weighted by atomic mass is 16.4. The first-order valence-electron chi connectivity index (χ1n) is 11.5. The molecule has 164 valence electrons. The smallest absolute Gasteiger partial charge is 0.320 e. The minimum atomic E-state index is -0.959. The second-order valence-corrected chi connectivity index (χ2v) is 7.74. The van der Waals surface area contributed by atoms with Crippen LogP contribution in [0.5, 0.6) is 0 Å². The van der Waals surface area contributed by atoms with Crippen LogP contribution >= 0.6 is 0 Å². The Bertz CT molecular complexity index is 411. The normalized spacial score (nSPS) is 12.4. The minimum absolute atomic E-state index is 0.108. The maximum atomic E-state index is 11.7. The Morgan fingerprint density at radius 1 is 0.857 bits per heavy atom. The fraction of sp³-hybridized carbons (Fsp3) is 0.826. The maximum absolute atomic E-state index is 11.7. The van der Waals surface area contributed by atoms with Crippen molar-refractivity contribution in [1.82, 2.24) is 5.32 Å². The fourth-order valence-corrected chi connectivity index (χ4v) is 3.18. The van der Waals surface area contributed by atoms with E-state index in [1.165, 1.54) is 57.8 Å². The third-order valence-corrected chi connectivity index (χ3v) is 5.01. The lowest BCUT2D eigenvalue weighted by Gasteiger charge is -2.07. The predicted octanol–water partition coefficient (Wildman–Crippen LogP) is 5.33. The SMILES string of the molecule is CC/C=C/CCCCCCCCCCCCC(=O)NCCCC[C@H](N)C(=O)O. The Hall–Kier alpha value is -1.36. The summed E-state index contributed by atoms with van der Waals surface area (Å²) in [7, 11) is 0. The molecule has 0 aromatic rings. The quantitative estimate of drug-likeness (QED) is 0.191. The molecule has 0 aromatic carbocycles. The number of rotatable bonds is 20. The molecule has 4 N–H and O–H groups in total. The number of carbonyl (C=O) groups excluding carboxylic acids is 1. The van der Waals surface area contributed by atoms with Crippen molar-refractivity contribution in [1.29, 1.82) is 0 Å². The van der Waals surface area contributed by atoms with E-state index in [4.69, 9.17) is 10.8 Å². The van der Waals surface area contributed by atoms with Crippen molar-refractivity contribution < 1.29 is 14.7 Å². The van der Waals surface area contributed by atoms with E-state index in [9.17, 15) is 9.59 Å². The lowest BCUT2D eigenvalue weighted by molar-refractivity contribution is -0.138. The minimum Gasteiger partial charge on any atom is -0.480 e. The molecule has 0 aromatic heterocycles. The number of hydrogen-bond acceptors (Lipinski definition) is 3. The molecule has 5 heteroatoms. The summed E-state index contributed by atoms with van der Waals surface area (Å²) in [6.07, 6.45) is 22.2. The molecule has 0 radical (unpaired) electrons. The van der Waals surface area contributed by atoms with Gasteiger partial charge in [0.15, 0.2) is 0 Å². The van der Waals surface area contributed by atoms with Crippen LogP contribution in [0.3, 0.4) is 0 Å². The molecule has 0 bridgehead atoms. The van der Waals surface area contributed by atoms with E-state index in [0.717, 1.165) is 32.1 Å². The highest BCUT2D eigenvalue weighted by molar-refractivity contribution is 5.75. The molecule has 1 atom stereocenters. The highest BCUT2D eigenvalue weighted by Gasteiger charge is 2.10. The van der Waals surface area contributed by atoms with Gasteiger partial charge in [0.25, 0.3) is 0 Å². The largest absolute Gasteiger partial charge is 0.480 e. The first-order chi connectivity index (χ1) is 13.6. The second kappa shape index (κ2) is 20.4. The lowest BCUT2D eigenvalue weighted by Crippen LogP contribution is -2.30. The van der Waals surface area contributed by atoms with Crippen LogP contribution in [0.15, 0.2) is 12.2 Å². The molecule has 5 nitrogen and oxygen atoms in total. The summed E-state index contributed by atoms with van der Waals surface area (Å²) in [5.74, 6) is -0.851. The number of aliphatic carboxylic acids is 1. The van der Waals surface area contributed by atoms with Crippen LogP contribution in [0.25, 0.3) is 0 Å². The van der Waals surface area contributed by atoms with Gasteiger partial charge < -0.3 is 16.2 Å². The summed E-state index contributed by atoms with van der Waals surface area (Å²) in [5.41, 5.74) is 5.44. The topological polar surface area (TPSA) is 92.4 Å². The Labute approximate surface area is 172 Å². The van der Waals surface area contributed by atoms with Gasteiger partial charge in [-0.1, -0.05) is 70.4 Å². The number of carboxylic acid groups (broad SMARTS) is 1. The molecule has 0 saturated carbocycles. The summed E-state index contributed by atoms with van der Waals surface area (Å²) < 4.78 is 0. The zero-order valence-electron chi connectivity index (χ0n) is 18.1. The van der Waals surface area contributed by atoms with Gasteiger partial charge in [0.05, 0.1) is 0 Å². The van der Waals surface area contributed by atoms with Crippen LogP contribution in [0.4, 0.5) is 0 Å². The van der Waals surface area contributed by atoms with Gasteiger partial charge in [-0.3, -0.25) is 9.59 Å². The molecule has 0 aliphatic rings. The molecule has 0 heterocycles. The summed E-state index contributed by atoms with van der Waals surface area (Å²) in [5, 5.41) is 11.6. The molecule has 0 saturated heterocycles. The standard InChI is InChI=1S/C23H44N2O3/c1-2-3-4-5-6-7-8-9-10-11-12-13-14-15-19-22(26)25-20-17-16-18-21(24)23(27)28/h3-4,21H,2,5-20,24H2,1H3,(H,25,26)(H,27,28)/b4-3+/t21-/m0/s1. The van der Waals surface area contributed by atoms with Gasteiger partial charge in [-0.2, -0.15) is 0 Å². The summed E-state index contributed by atoms with van der Waals surface area (Å²) in [6, 6.07) is -0.788. The van der Waals surface area contributed by atoms with Gasteiger partial charge in [0, 0.05) is 13.0 Å². The van der Waals surface area contributed by atoms with Crippen molar-refractivity contribution in [3.05, 3.63) is 12.2 Å². The number of allylic oxidation sites excluding steroid dienone is 2. The van der Waals surface area contributed by atoms with Gasteiger partial charge in [0.2, 0.25) is 5.91 Å². The number of nitrogens with one attached hydrogen (secondary N) is 1. The first-order valence-corrected chi connectivity index (χ1v) is 11.5. The van der Waals surface area contributed by atoms with E-state index in [2.05, 4.69) is 24.4 Å². The van der Waals surface area contributed by atoms with E-state index in [0.29, 0.717) is 19.4 Å². The third-order valence-electron chi connectivity index (χ3n) is 5.01. The molecule has 0 unspecified atom stereocenters. The number of unbranched alkanes of at least 4 members (excludes halogenated alkanes) is 11. The molecule has 1 amide bonds. The second-order valence-electron chi connectivity index (χ2n) is 7.74. The lowest BCUT2D eigenvalue weighted by atomic mass is 10.0. The number of amides is 1. The van der Waals surface area contributed by atoms with E-state index in [-0.39, 0.29) is 5.91 Å². The highest BCUT2D eigenvalue weighted by Crippen LogP contribution is 2.12. The van der Waals surface area contributed by atoms with Crippen molar-refractivity contribution in [3.63, 3.8) is 0 Å². The number of carboxylic acids is 1. The van der Waals surface area contributed by atoms with Gasteiger partial charge in [-0.25, -0.2) is 0 Å². The fourth-order valence-electron chi connectivity index (χ4n) is 3.18. The Kier molecular flexibility index (Phi) is 19.4. The Morgan fingerprint density at radius 2 is 1.43 bits per heavy atom. The van der Waals surface area contributed by atoms with Crippen LogP contribution in [-0.2, 0) is 9.59 Å². The summed E-state index contributed by atoms with van der Waals surface area (Å²) in [6.45, 7) is 2.79. The molecule has 0 rings (SSSR count). The van der Waals surface area contributed by atoms with E-state index in [1.807, 2.05) is 0 Å². The van der Waals surface area contributed by atoms with E-state index in [1.54, 1.807) is 0 Å². The molecule has 28 heavy (non-hydrogen) atoms. The molecular formula is C23H44N2O3. The first kappa shape index (κ1) is 26.6. The van der Waals surface area contributed by atoms with Gasteiger partial charge in [0.1, 0.15) is 6.04 Å². The zero-order chi connectivity index (χ0) is 20.9. The van der Waals surface area contributed by atoms with Gasteiger partial charge in [-0.15, -0.1) is 0 Å². The van der Waals surface area contributed by atoms with Crippen LogP contribution in [-0.4, -0.2) is 29.6 Å². The monoisotopic (exact) mass is 396 g/mol. The number of nitrogens with two attached hydrogens (primary N) is 1. The van der Waals surface area contributed by atoms with E-state index >= 15 is 0 Å². The molecule has 0 spiro atoms. The van der Waals surface area contributed by atoms with Crippen LogP contribution in [0.1, 0.15) is 110 Å². The Morgan fingerprint density at radius 3 is 2.00 bits per heavy atom. The van der Waals surface area contributed by atoms with Crippen molar-refractivity contribution in [2.45, 2.75) is 116 Å². The average molecular weight is 397 g/mol. The molecule has 0 fully saturated rings. The van der Waals surface area contributed by atoms with Crippen molar-refractivity contribution in [2.75, 3.05) is 6.54 Å². The number of hydrogen-bond donors (Lipinski definition) is 3. The maximum Gasteiger partial charge on any atom is 0.320 e. The summed E-state index contributed by atoms with van der Waals surface area (Å²) >= 11 is 0. The predicted molar refractivity (Wildman–Crippen MR) is 117 cm³/mol. The van der Waals surface area contributed by atoms with E-state index < -0.39 is 12.0 Å². The number of carbonyl (C=O) groups is 2. The van der Waals surface area contributed by atoms with Crippen LogP contribution < -0.4 is 11.1 Å². The van der Waals surface area contributed by atoms with Crippen LogP contribution in [0.2, 0.25) is 0 Å². The molecular weight excluding hydrogens is 352 g/mol. The van der Waals surface area contributed by atoms with Crippen molar-refractivity contribution >= 4 is 11.9 Å². The Balaban J connectivity index is 3.24. The zero-order valence-corrected chi connectivity index (χ0v) is 18.1.